The highest BCUT2D eigenvalue weighted by Crippen LogP contribution is 2.16. The van der Waals surface area contributed by atoms with Gasteiger partial charge in [0.1, 0.15) is 5.65 Å². The molecule has 0 aliphatic carbocycles. The van der Waals surface area contributed by atoms with E-state index in [0.717, 1.165) is 4.57 Å². The van der Waals surface area contributed by atoms with Gasteiger partial charge in [0.15, 0.2) is 0 Å². The number of carbonyl (C=O) groups excluding carboxylic acids is 1. The summed E-state index contributed by atoms with van der Waals surface area (Å²) >= 11 is 0. The van der Waals surface area contributed by atoms with E-state index in [1.54, 1.807) is 24.9 Å². The van der Waals surface area contributed by atoms with Crippen LogP contribution in [0.5, 0.6) is 0 Å². The Balaban J connectivity index is 2.87. The fraction of sp³-hybridized carbons (Fsp3) is 0.417. The zero-order valence-corrected chi connectivity index (χ0v) is 11.3. The van der Waals surface area contributed by atoms with Crippen molar-refractivity contribution in [2.75, 3.05) is 7.11 Å². The van der Waals surface area contributed by atoms with Crippen LogP contribution >= 0.6 is 0 Å². The van der Waals surface area contributed by atoms with Gasteiger partial charge in [-0.3, -0.25) is 18.7 Å². The van der Waals surface area contributed by atoms with Crippen LogP contribution in [-0.2, 0) is 37.1 Å². The molecule has 0 amide bonds. The second-order valence-corrected chi connectivity index (χ2v) is 4.42. The number of rotatable bonds is 2. The number of carbonyl (C=O) groups is 1. The largest absolute Gasteiger partial charge is 0.469 e. The van der Waals surface area contributed by atoms with Crippen molar-refractivity contribution in [3.05, 3.63) is 32.6 Å². The highest BCUT2D eigenvalue weighted by Gasteiger charge is 2.18. The van der Waals surface area contributed by atoms with Crippen LogP contribution in [0, 0.1) is 0 Å². The van der Waals surface area contributed by atoms with Crippen LogP contribution in [0.2, 0.25) is 0 Å². The molecule has 7 heteroatoms. The molecule has 0 fully saturated rings. The molecule has 2 aromatic rings. The Morgan fingerprint density at radius 3 is 2.42 bits per heavy atom. The van der Waals surface area contributed by atoms with Gasteiger partial charge in [0.25, 0.3) is 5.56 Å². The number of esters is 1. The molecular formula is C12H15N3O4. The molecule has 0 unspecified atom stereocenters. The summed E-state index contributed by atoms with van der Waals surface area (Å²) in [7, 11) is 6.02. The van der Waals surface area contributed by atoms with Crippen LogP contribution < -0.4 is 11.2 Å². The quantitative estimate of drug-likeness (QED) is 0.672. The van der Waals surface area contributed by atoms with Crippen molar-refractivity contribution in [1.82, 2.24) is 13.7 Å². The number of aromatic nitrogens is 3. The second kappa shape index (κ2) is 4.42. The minimum Gasteiger partial charge on any atom is -0.469 e. The maximum absolute atomic E-state index is 12.2. The summed E-state index contributed by atoms with van der Waals surface area (Å²) in [6.45, 7) is 0. The maximum Gasteiger partial charge on any atom is 0.332 e. The van der Waals surface area contributed by atoms with Gasteiger partial charge in [-0.2, -0.15) is 0 Å². The molecule has 0 atom stereocenters. The summed E-state index contributed by atoms with van der Waals surface area (Å²) in [5.41, 5.74) is 0.244. The van der Waals surface area contributed by atoms with E-state index in [9.17, 15) is 14.4 Å². The number of ether oxygens (including phenoxy) is 1. The molecule has 102 valence electrons. The van der Waals surface area contributed by atoms with Gasteiger partial charge < -0.3 is 9.30 Å². The van der Waals surface area contributed by atoms with E-state index in [2.05, 4.69) is 4.74 Å². The van der Waals surface area contributed by atoms with Crippen molar-refractivity contribution in [3.8, 4) is 0 Å². The Labute approximate surface area is 108 Å². The minimum absolute atomic E-state index is 0.00127. The van der Waals surface area contributed by atoms with Gasteiger partial charge >= 0.3 is 11.7 Å². The van der Waals surface area contributed by atoms with E-state index in [1.807, 2.05) is 0 Å². The predicted molar refractivity (Wildman–Crippen MR) is 69.1 cm³/mol. The molecule has 0 aromatic carbocycles. The van der Waals surface area contributed by atoms with Crippen LogP contribution in [0.3, 0.4) is 0 Å². The minimum atomic E-state index is -0.427. The number of nitrogens with zero attached hydrogens (tertiary/aromatic N) is 3. The van der Waals surface area contributed by atoms with Crippen molar-refractivity contribution in [3.63, 3.8) is 0 Å². The van der Waals surface area contributed by atoms with Gasteiger partial charge in [0.2, 0.25) is 0 Å². The zero-order valence-electron chi connectivity index (χ0n) is 11.3. The standard InChI is InChI=1S/C12H15N3O4/c1-13-6-7(5-8(16)19-4)9-10(13)14(2)12(18)15(3)11(9)17/h6H,5H2,1-4H3. The third-order valence-electron chi connectivity index (χ3n) is 3.20. The molecule has 0 spiro atoms. The number of hydrogen-bond donors (Lipinski definition) is 0. The summed E-state index contributed by atoms with van der Waals surface area (Å²) in [6, 6.07) is 0. The Morgan fingerprint density at radius 1 is 1.21 bits per heavy atom. The lowest BCUT2D eigenvalue weighted by Crippen LogP contribution is -2.37. The molecule has 7 nitrogen and oxygen atoms in total. The first-order valence-corrected chi connectivity index (χ1v) is 5.69. The monoisotopic (exact) mass is 265 g/mol. The van der Waals surface area contributed by atoms with Crippen LogP contribution in [-0.4, -0.2) is 26.8 Å². The molecule has 2 heterocycles. The maximum atomic E-state index is 12.2. The fourth-order valence-electron chi connectivity index (χ4n) is 2.25. The lowest BCUT2D eigenvalue weighted by molar-refractivity contribution is -0.139. The Kier molecular flexibility index (Phi) is 3.05. The number of methoxy groups -OCH3 is 1. The van der Waals surface area contributed by atoms with Gasteiger partial charge in [-0.1, -0.05) is 0 Å². The van der Waals surface area contributed by atoms with Crippen LogP contribution in [0.15, 0.2) is 15.8 Å². The molecule has 0 saturated carbocycles. The van der Waals surface area contributed by atoms with E-state index in [4.69, 9.17) is 0 Å². The van der Waals surface area contributed by atoms with Crippen molar-refractivity contribution in [2.45, 2.75) is 6.42 Å². The third kappa shape index (κ3) is 1.87. The molecule has 0 radical (unpaired) electrons. The summed E-state index contributed by atoms with van der Waals surface area (Å²) in [5.74, 6) is -0.427. The molecule has 2 rings (SSSR count). The summed E-state index contributed by atoms with van der Waals surface area (Å²) in [4.78, 5) is 35.4. The van der Waals surface area contributed by atoms with Gasteiger partial charge in [-0.25, -0.2) is 4.79 Å². The molecule has 19 heavy (non-hydrogen) atoms. The van der Waals surface area contributed by atoms with Crippen LogP contribution in [0.4, 0.5) is 0 Å². The van der Waals surface area contributed by atoms with Gasteiger partial charge in [-0.15, -0.1) is 0 Å². The highest BCUT2D eigenvalue weighted by atomic mass is 16.5. The topological polar surface area (TPSA) is 75.2 Å². The lowest BCUT2D eigenvalue weighted by Gasteiger charge is -2.06. The average Bonchev–Trinajstić information content (AvgIpc) is 2.70. The second-order valence-electron chi connectivity index (χ2n) is 4.42. The SMILES string of the molecule is COC(=O)Cc1cn(C)c2c1c(=O)n(C)c(=O)n2C. The molecule has 0 aliphatic rings. The summed E-state index contributed by atoms with van der Waals surface area (Å²) in [5, 5.41) is 0.373. The first-order valence-electron chi connectivity index (χ1n) is 5.69. The first-order chi connectivity index (χ1) is 8.88. The van der Waals surface area contributed by atoms with E-state index in [0.29, 0.717) is 16.6 Å². The Morgan fingerprint density at radius 2 is 1.84 bits per heavy atom. The lowest BCUT2D eigenvalue weighted by atomic mass is 10.2. The van der Waals surface area contributed by atoms with Crippen LogP contribution in [0.25, 0.3) is 11.0 Å². The van der Waals surface area contributed by atoms with E-state index < -0.39 is 17.2 Å². The number of hydrogen-bond acceptors (Lipinski definition) is 4. The number of fused-ring (bicyclic) bond motifs is 1. The normalized spacial score (nSPS) is 10.9. The van der Waals surface area contributed by atoms with Gasteiger partial charge in [0.05, 0.1) is 18.9 Å². The van der Waals surface area contributed by atoms with Crippen molar-refractivity contribution < 1.29 is 9.53 Å². The van der Waals surface area contributed by atoms with E-state index in [1.165, 1.54) is 18.7 Å². The summed E-state index contributed by atoms with van der Waals surface area (Å²) in [6.07, 6.45) is 1.67. The van der Waals surface area contributed by atoms with Gasteiger partial charge in [0, 0.05) is 27.3 Å². The Bertz CT molecular complexity index is 779. The van der Waals surface area contributed by atoms with Gasteiger partial charge in [-0.05, 0) is 5.56 Å². The van der Waals surface area contributed by atoms with Crippen molar-refractivity contribution in [2.24, 2.45) is 21.1 Å². The molecule has 0 saturated heterocycles. The van der Waals surface area contributed by atoms with Crippen molar-refractivity contribution >= 4 is 17.0 Å². The molecule has 0 bridgehead atoms. The average molecular weight is 265 g/mol. The Hall–Kier alpha value is -2.31. The fourth-order valence-corrected chi connectivity index (χ4v) is 2.25. The summed E-state index contributed by atoms with van der Waals surface area (Å²) < 4.78 is 8.69. The number of aryl methyl sites for hydroxylation is 2. The predicted octanol–water partition coefficient (Wildman–Crippen LogP) is -0.709. The van der Waals surface area contributed by atoms with Crippen molar-refractivity contribution in [1.29, 1.82) is 0 Å². The van der Waals surface area contributed by atoms with E-state index >= 15 is 0 Å². The molecule has 0 N–H and O–H groups in total. The molecule has 0 aliphatic heterocycles. The zero-order chi connectivity index (χ0) is 14.3. The van der Waals surface area contributed by atoms with Crippen LogP contribution in [0.1, 0.15) is 5.56 Å². The smallest absolute Gasteiger partial charge is 0.332 e. The molecule has 2 aromatic heterocycles. The highest BCUT2D eigenvalue weighted by molar-refractivity contribution is 5.85. The third-order valence-corrected chi connectivity index (χ3v) is 3.20. The first kappa shape index (κ1) is 13.1. The molecular weight excluding hydrogens is 250 g/mol. The van der Waals surface area contributed by atoms with E-state index in [-0.39, 0.29) is 6.42 Å².